The third-order valence-electron chi connectivity index (χ3n) is 3.71. The number of hydrogen-bond donors (Lipinski definition) is 2. The van der Waals surface area contributed by atoms with E-state index in [1.807, 2.05) is 13.8 Å². The number of rotatable bonds is 4. The fourth-order valence-corrected chi connectivity index (χ4v) is 3.44. The molecular formula is C13H21N3O2S. The van der Waals surface area contributed by atoms with Crippen molar-refractivity contribution in [1.29, 1.82) is 0 Å². The second-order valence-corrected chi connectivity index (χ2v) is 6.58. The molecule has 1 aliphatic carbocycles. The van der Waals surface area contributed by atoms with E-state index >= 15 is 0 Å². The lowest BCUT2D eigenvalue weighted by atomic mass is 9.76. The quantitative estimate of drug-likeness (QED) is 0.888. The molecule has 0 bridgehead atoms. The maximum Gasteiger partial charge on any atom is 0.329 e. The number of carboxylic acid groups (broad SMARTS) is 1. The van der Waals surface area contributed by atoms with Gasteiger partial charge in [0.05, 0.1) is 0 Å². The predicted octanol–water partition coefficient (Wildman–Crippen LogP) is 3.11. The summed E-state index contributed by atoms with van der Waals surface area (Å²) in [6, 6.07) is 0. The van der Waals surface area contributed by atoms with E-state index in [0.717, 1.165) is 18.7 Å². The summed E-state index contributed by atoms with van der Waals surface area (Å²) in [5.74, 6) is 0.685. The molecule has 1 aliphatic rings. The summed E-state index contributed by atoms with van der Waals surface area (Å²) in [7, 11) is 0. The van der Waals surface area contributed by atoms with Crippen LogP contribution in [0.15, 0.2) is 0 Å². The van der Waals surface area contributed by atoms with Crippen molar-refractivity contribution in [2.24, 2.45) is 5.92 Å². The van der Waals surface area contributed by atoms with E-state index in [0.29, 0.717) is 23.9 Å². The molecule has 19 heavy (non-hydrogen) atoms. The summed E-state index contributed by atoms with van der Waals surface area (Å²) in [4.78, 5) is 16.1. The molecule has 1 aromatic heterocycles. The second kappa shape index (κ2) is 5.45. The number of nitrogens with one attached hydrogen (secondary N) is 1. The van der Waals surface area contributed by atoms with Crippen molar-refractivity contribution in [3.8, 4) is 0 Å². The van der Waals surface area contributed by atoms with Crippen LogP contribution in [0.1, 0.15) is 58.2 Å². The molecule has 1 heterocycles. The van der Waals surface area contributed by atoms with Crippen LogP contribution in [0.3, 0.4) is 0 Å². The largest absolute Gasteiger partial charge is 0.480 e. The Morgan fingerprint density at radius 3 is 2.84 bits per heavy atom. The normalized spacial score (nSPS) is 27.5. The van der Waals surface area contributed by atoms with Gasteiger partial charge in [-0.1, -0.05) is 33.6 Å². The number of carboxylic acids is 1. The number of aromatic nitrogens is 2. The molecule has 2 N–H and O–H groups in total. The lowest BCUT2D eigenvalue weighted by molar-refractivity contribution is -0.144. The first-order valence-electron chi connectivity index (χ1n) is 6.78. The van der Waals surface area contributed by atoms with Gasteiger partial charge >= 0.3 is 5.97 Å². The van der Waals surface area contributed by atoms with E-state index in [1.165, 1.54) is 11.5 Å². The third kappa shape index (κ3) is 3.05. The molecule has 0 aliphatic heterocycles. The van der Waals surface area contributed by atoms with Gasteiger partial charge in [0.15, 0.2) is 0 Å². The van der Waals surface area contributed by atoms with E-state index in [1.54, 1.807) is 0 Å². The Bertz CT molecular complexity index is 460. The molecule has 2 unspecified atom stereocenters. The highest BCUT2D eigenvalue weighted by molar-refractivity contribution is 7.09. The van der Waals surface area contributed by atoms with Crippen LogP contribution in [-0.4, -0.2) is 26.0 Å². The van der Waals surface area contributed by atoms with Crippen LogP contribution in [0.4, 0.5) is 5.13 Å². The molecule has 2 atom stereocenters. The number of aliphatic carboxylic acids is 1. The van der Waals surface area contributed by atoms with Crippen LogP contribution in [0.2, 0.25) is 0 Å². The van der Waals surface area contributed by atoms with E-state index in [-0.39, 0.29) is 5.92 Å². The van der Waals surface area contributed by atoms with Crippen molar-refractivity contribution in [3.63, 3.8) is 0 Å². The molecule has 1 aromatic rings. The minimum absolute atomic E-state index is 0.262. The first-order chi connectivity index (χ1) is 8.93. The minimum atomic E-state index is -0.870. The van der Waals surface area contributed by atoms with Gasteiger partial charge in [-0.3, -0.25) is 0 Å². The highest BCUT2D eigenvalue weighted by atomic mass is 32.1. The zero-order valence-corrected chi connectivity index (χ0v) is 12.5. The lowest BCUT2D eigenvalue weighted by Crippen LogP contribution is -2.49. The average Bonchev–Trinajstić information content (AvgIpc) is 2.77. The summed E-state index contributed by atoms with van der Waals surface area (Å²) in [5.41, 5.74) is -0.870. The van der Waals surface area contributed by atoms with Gasteiger partial charge in [-0.05, 0) is 18.8 Å². The monoisotopic (exact) mass is 283 g/mol. The van der Waals surface area contributed by atoms with Gasteiger partial charge in [-0.2, -0.15) is 4.37 Å². The van der Waals surface area contributed by atoms with Crippen LogP contribution in [0, 0.1) is 5.92 Å². The zero-order valence-electron chi connectivity index (χ0n) is 11.6. The number of hydrogen-bond acceptors (Lipinski definition) is 5. The Morgan fingerprint density at radius 2 is 2.32 bits per heavy atom. The Kier molecular flexibility index (Phi) is 4.08. The number of anilines is 1. The van der Waals surface area contributed by atoms with E-state index in [2.05, 4.69) is 21.6 Å². The first kappa shape index (κ1) is 14.2. The van der Waals surface area contributed by atoms with Crippen molar-refractivity contribution in [3.05, 3.63) is 5.82 Å². The topological polar surface area (TPSA) is 75.1 Å². The van der Waals surface area contributed by atoms with E-state index in [9.17, 15) is 9.90 Å². The van der Waals surface area contributed by atoms with E-state index in [4.69, 9.17) is 0 Å². The van der Waals surface area contributed by atoms with Crippen molar-refractivity contribution < 1.29 is 9.90 Å². The Hall–Kier alpha value is -1.17. The summed E-state index contributed by atoms with van der Waals surface area (Å²) < 4.78 is 4.27. The van der Waals surface area contributed by atoms with Crippen LogP contribution < -0.4 is 5.32 Å². The number of nitrogens with zero attached hydrogens (tertiary/aromatic N) is 2. The first-order valence-corrected chi connectivity index (χ1v) is 7.55. The van der Waals surface area contributed by atoms with Gasteiger partial charge in [-0.25, -0.2) is 9.78 Å². The fourth-order valence-electron chi connectivity index (χ4n) is 2.64. The molecule has 5 nitrogen and oxygen atoms in total. The van der Waals surface area contributed by atoms with Gasteiger partial charge in [0, 0.05) is 17.5 Å². The van der Waals surface area contributed by atoms with Crippen LogP contribution >= 0.6 is 11.5 Å². The van der Waals surface area contributed by atoms with Crippen molar-refractivity contribution in [2.75, 3.05) is 5.32 Å². The van der Waals surface area contributed by atoms with Crippen LogP contribution in [-0.2, 0) is 4.79 Å². The summed E-state index contributed by atoms with van der Waals surface area (Å²) >= 11 is 1.25. The molecule has 106 valence electrons. The molecule has 6 heteroatoms. The fraction of sp³-hybridized carbons (Fsp3) is 0.769. The van der Waals surface area contributed by atoms with Gasteiger partial charge in [0.2, 0.25) is 5.13 Å². The van der Waals surface area contributed by atoms with E-state index < -0.39 is 11.5 Å². The Balaban J connectivity index is 2.18. The maximum absolute atomic E-state index is 11.7. The van der Waals surface area contributed by atoms with Gasteiger partial charge < -0.3 is 10.4 Å². The van der Waals surface area contributed by atoms with Gasteiger partial charge in [0.25, 0.3) is 0 Å². The highest BCUT2D eigenvalue weighted by Gasteiger charge is 2.42. The molecule has 0 radical (unpaired) electrons. The minimum Gasteiger partial charge on any atom is -0.480 e. The summed E-state index contributed by atoms with van der Waals surface area (Å²) in [6.07, 6.45) is 3.35. The molecule has 0 spiro atoms. The molecule has 0 amide bonds. The third-order valence-corrected chi connectivity index (χ3v) is 4.36. The molecule has 0 aromatic carbocycles. The standard InChI is InChI=1S/C13H21N3O2S/c1-8(2)10-14-12(19-16-10)15-13(11(17)18)6-4-5-9(3)7-13/h8-9H,4-7H2,1-3H3,(H,17,18)(H,14,15,16). The molecule has 2 rings (SSSR count). The van der Waals surface area contributed by atoms with Crippen LogP contribution in [0.25, 0.3) is 0 Å². The van der Waals surface area contributed by atoms with Crippen molar-refractivity contribution >= 4 is 22.6 Å². The Morgan fingerprint density at radius 1 is 1.58 bits per heavy atom. The number of carbonyl (C=O) groups is 1. The lowest BCUT2D eigenvalue weighted by Gasteiger charge is -2.36. The molecule has 1 saturated carbocycles. The summed E-state index contributed by atoms with van der Waals surface area (Å²) in [6.45, 7) is 6.17. The molecule has 1 fully saturated rings. The van der Waals surface area contributed by atoms with Crippen LogP contribution in [0.5, 0.6) is 0 Å². The molecular weight excluding hydrogens is 262 g/mol. The van der Waals surface area contributed by atoms with Gasteiger partial charge in [-0.15, -0.1) is 0 Å². The highest BCUT2D eigenvalue weighted by Crippen LogP contribution is 2.36. The predicted molar refractivity (Wildman–Crippen MR) is 75.6 cm³/mol. The second-order valence-electron chi connectivity index (χ2n) is 5.83. The average molecular weight is 283 g/mol. The molecule has 0 saturated heterocycles. The smallest absolute Gasteiger partial charge is 0.329 e. The van der Waals surface area contributed by atoms with Crippen molar-refractivity contribution in [2.45, 2.75) is 57.9 Å². The Labute approximate surface area is 117 Å². The van der Waals surface area contributed by atoms with Gasteiger partial charge in [0.1, 0.15) is 11.4 Å². The SMILES string of the molecule is CC1CCCC(Nc2nc(C(C)C)ns2)(C(=O)O)C1. The summed E-state index contributed by atoms with van der Waals surface area (Å²) in [5, 5.41) is 13.3. The zero-order chi connectivity index (χ0) is 14.0. The van der Waals surface area contributed by atoms with Crippen molar-refractivity contribution in [1.82, 2.24) is 9.36 Å². The maximum atomic E-state index is 11.7.